The van der Waals surface area contributed by atoms with Gasteiger partial charge < -0.3 is 15.5 Å². The minimum atomic E-state index is 0.0956. The van der Waals surface area contributed by atoms with Crippen molar-refractivity contribution < 1.29 is 4.79 Å². The first-order valence-corrected chi connectivity index (χ1v) is 9.85. The molecule has 0 bridgehead atoms. The lowest BCUT2D eigenvalue weighted by Gasteiger charge is -2.23. The van der Waals surface area contributed by atoms with E-state index in [9.17, 15) is 4.79 Å². The zero-order valence-corrected chi connectivity index (χ0v) is 15.9. The van der Waals surface area contributed by atoms with Gasteiger partial charge in [-0.1, -0.05) is 30.3 Å². The molecule has 3 heterocycles. The molecule has 0 aliphatic carbocycles. The molecule has 1 aromatic carbocycles. The predicted octanol–water partition coefficient (Wildman–Crippen LogP) is 2.48. The van der Waals surface area contributed by atoms with Crippen LogP contribution >= 0.6 is 0 Å². The first-order valence-electron chi connectivity index (χ1n) is 9.85. The first kappa shape index (κ1) is 18.1. The van der Waals surface area contributed by atoms with E-state index in [0.29, 0.717) is 11.8 Å². The van der Waals surface area contributed by atoms with Crippen molar-refractivity contribution in [3.8, 4) is 0 Å². The summed E-state index contributed by atoms with van der Waals surface area (Å²) in [7, 11) is 0. The molecular formula is C22H28N4O. The number of carbonyl (C=O) groups is 1. The van der Waals surface area contributed by atoms with E-state index in [-0.39, 0.29) is 11.9 Å². The van der Waals surface area contributed by atoms with Gasteiger partial charge in [0.05, 0.1) is 5.56 Å². The molecule has 2 aliphatic heterocycles. The van der Waals surface area contributed by atoms with Crippen molar-refractivity contribution in [3.63, 3.8) is 0 Å². The Morgan fingerprint density at radius 3 is 2.48 bits per heavy atom. The molecule has 4 rings (SSSR count). The van der Waals surface area contributed by atoms with Crippen molar-refractivity contribution in [2.75, 3.05) is 32.7 Å². The van der Waals surface area contributed by atoms with Crippen LogP contribution in [0.15, 0.2) is 48.7 Å². The average molecular weight is 364 g/mol. The second-order valence-electron chi connectivity index (χ2n) is 7.93. The van der Waals surface area contributed by atoms with E-state index in [1.54, 1.807) is 6.20 Å². The highest BCUT2D eigenvalue weighted by molar-refractivity contribution is 5.95. The molecule has 27 heavy (non-hydrogen) atoms. The van der Waals surface area contributed by atoms with Gasteiger partial charge in [0.2, 0.25) is 0 Å². The zero-order chi connectivity index (χ0) is 18.8. The fourth-order valence-corrected chi connectivity index (χ4v) is 4.51. The molecular weight excluding hydrogens is 336 g/mol. The van der Waals surface area contributed by atoms with Crippen LogP contribution in [0.25, 0.3) is 0 Å². The van der Waals surface area contributed by atoms with Gasteiger partial charge in [-0.25, -0.2) is 0 Å². The molecule has 3 atom stereocenters. The SMILES string of the molecule is Cc1ncccc1C(=O)N1CC2CN(CC[C@H](N)c3ccccc3)CC2C1. The minimum Gasteiger partial charge on any atom is -0.338 e. The van der Waals surface area contributed by atoms with Gasteiger partial charge in [-0.2, -0.15) is 0 Å². The highest BCUT2D eigenvalue weighted by Gasteiger charge is 2.41. The number of hydrogen-bond acceptors (Lipinski definition) is 4. The quantitative estimate of drug-likeness (QED) is 0.885. The van der Waals surface area contributed by atoms with Crippen LogP contribution in [0.5, 0.6) is 0 Å². The number of fused-ring (bicyclic) bond motifs is 1. The van der Waals surface area contributed by atoms with Crippen molar-refractivity contribution in [1.82, 2.24) is 14.8 Å². The molecule has 1 aromatic heterocycles. The number of rotatable bonds is 5. The van der Waals surface area contributed by atoms with Gasteiger partial charge in [-0.05, 0) is 49.4 Å². The van der Waals surface area contributed by atoms with Gasteiger partial charge in [0, 0.05) is 44.1 Å². The van der Waals surface area contributed by atoms with Gasteiger partial charge in [-0.15, -0.1) is 0 Å². The molecule has 2 aliphatic rings. The van der Waals surface area contributed by atoms with Crippen molar-refractivity contribution in [2.24, 2.45) is 17.6 Å². The highest BCUT2D eigenvalue weighted by atomic mass is 16.2. The van der Waals surface area contributed by atoms with Gasteiger partial charge >= 0.3 is 0 Å². The Balaban J connectivity index is 1.28. The number of nitrogens with zero attached hydrogens (tertiary/aromatic N) is 3. The van der Waals surface area contributed by atoms with Crippen LogP contribution < -0.4 is 5.73 Å². The van der Waals surface area contributed by atoms with Crippen LogP contribution in [0.4, 0.5) is 0 Å². The number of amides is 1. The molecule has 1 amide bonds. The molecule has 0 radical (unpaired) electrons. The normalized spacial score (nSPS) is 23.4. The van der Waals surface area contributed by atoms with E-state index in [4.69, 9.17) is 5.73 Å². The maximum atomic E-state index is 12.8. The molecule has 2 unspecified atom stereocenters. The Morgan fingerprint density at radius 2 is 1.81 bits per heavy atom. The Hall–Kier alpha value is -2.24. The van der Waals surface area contributed by atoms with Gasteiger partial charge in [0.25, 0.3) is 5.91 Å². The summed E-state index contributed by atoms with van der Waals surface area (Å²) < 4.78 is 0. The van der Waals surface area contributed by atoms with E-state index in [1.165, 1.54) is 5.56 Å². The van der Waals surface area contributed by atoms with E-state index in [2.05, 4.69) is 22.0 Å². The van der Waals surface area contributed by atoms with Crippen molar-refractivity contribution in [1.29, 1.82) is 0 Å². The second kappa shape index (κ2) is 7.79. The number of nitrogens with two attached hydrogens (primary N) is 1. The predicted molar refractivity (Wildman–Crippen MR) is 106 cm³/mol. The minimum absolute atomic E-state index is 0.0956. The summed E-state index contributed by atoms with van der Waals surface area (Å²) in [4.78, 5) is 21.6. The van der Waals surface area contributed by atoms with E-state index >= 15 is 0 Å². The Kier molecular flexibility index (Phi) is 5.23. The third-order valence-electron chi connectivity index (χ3n) is 6.07. The maximum absolute atomic E-state index is 12.8. The zero-order valence-electron chi connectivity index (χ0n) is 15.9. The number of benzene rings is 1. The molecule has 142 valence electrons. The monoisotopic (exact) mass is 364 g/mol. The molecule has 0 saturated carbocycles. The van der Waals surface area contributed by atoms with E-state index in [1.807, 2.05) is 42.2 Å². The average Bonchev–Trinajstić information content (AvgIpc) is 3.25. The summed E-state index contributed by atoms with van der Waals surface area (Å²) in [6.45, 7) is 6.79. The summed E-state index contributed by atoms with van der Waals surface area (Å²) in [6, 6.07) is 14.2. The topological polar surface area (TPSA) is 62.5 Å². The summed E-state index contributed by atoms with van der Waals surface area (Å²) in [5.41, 5.74) is 9.11. The Bertz CT molecular complexity index is 780. The standard InChI is InChI=1S/C22H28N4O/c1-16-20(8-5-10-24-16)22(27)26-14-18-12-25(13-19(18)15-26)11-9-21(23)17-6-3-2-4-7-17/h2-8,10,18-19,21H,9,11-15,23H2,1H3/t18?,19?,21-/m0/s1. The van der Waals surface area contributed by atoms with Crippen LogP contribution in [0.2, 0.25) is 0 Å². The van der Waals surface area contributed by atoms with Crippen LogP contribution in [0.3, 0.4) is 0 Å². The molecule has 5 nitrogen and oxygen atoms in total. The van der Waals surface area contributed by atoms with Crippen molar-refractivity contribution >= 4 is 5.91 Å². The number of likely N-dealkylation sites (tertiary alicyclic amines) is 2. The van der Waals surface area contributed by atoms with Crippen molar-refractivity contribution in [2.45, 2.75) is 19.4 Å². The molecule has 0 spiro atoms. The van der Waals surface area contributed by atoms with Crippen molar-refractivity contribution in [3.05, 3.63) is 65.5 Å². The van der Waals surface area contributed by atoms with Crippen LogP contribution in [0, 0.1) is 18.8 Å². The fraction of sp³-hybridized carbons (Fsp3) is 0.455. The van der Waals surface area contributed by atoms with E-state index in [0.717, 1.165) is 50.4 Å². The Labute approximate surface area is 161 Å². The third-order valence-corrected chi connectivity index (χ3v) is 6.07. The summed E-state index contributed by atoms with van der Waals surface area (Å²) in [5.74, 6) is 1.30. The molecule has 2 saturated heterocycles. The lowest BCUT2D eigenvalue weighted by Crippen LogP contribution is -2.34. The first-order chi connectivity index (χ1) is 13.1. The molecule has 2 fully saturated rings. The van der Waals surface area contributed by atoms with Gasteiger partial charge in [-0.3, -0.25) is 9.78 Å². The summed E-state index contributed by atoms with van der Waals surface area (Å²) in [6.07, 6.45) is 2.71. The number of aromatic nitrogens is 1. The maximum Gasteiger partial charge on any atom is 0.255 e. The van der Waals surface area contributed by atoms with Crippen LogP contribution in [-0.2, 0) is 0 Å². The summed E-state index contributed by atoms with van der Waals surface area (Å²) >= 11 is 0. The number of hydrogen-bond donors (Lipinski definition) is 1. The van der Waals surface area contributed by atoms with Crippen LogP contribution in [0.1, 0.15) is 34.1 Å². The molecule has 5 heteroatoms. The number of aryl methyl sites for hydroxylation is 1. The van der Waals surface area contributed by atoms with Gasteiger partial charge in [0.15, 0.2) is 0 Å². The number of pyridine rings is 1. The molecule has 2 N–H and O–H groups in total. The fourth-order valence-electron chi connectivity index (χ4n) is 4.51. The Morgan fingerprint density at radius 1 is 1.11 bits per heavy atom. The van der Waals surface area contributed by atoms with Gasteiger partial charge in [0.1, 0.15) is 0 Å². The van der Waals surface area contributed by atoms with E-state index < -0.39 is 0 Å². The smallest absolute Gasteiger partial charge is 0.255 e. The number of carbonyl (C=O) groups excluding carboxylic acids is 1. The molecule has 2 aromatic rings. The second-order valence-corrected chi connectivity index (χ2v) is 7.93. The lowest BCUT2D eigenvalue weighted by atomic mass is 10.0. The lowest BCUT2D eigenvalue weighted by molar-refractivity contribution is 0.0772. The third kappa shape index (κ3) is 3.89. The summed E-state index contributed by atoms with van der Waals surface area (Å²) in [5, 5.41) is 0. The van der Waals surface area contributed by atoms with Crippen LogP contribution in [-0.4, -0.2) is 53.4 Å². The largest absolute Gasteiger partial charge is 0.338 e. The highest BCUT2D eigenvalue weighted by Crippen LogP contribution is 2.32.